The molecule has 142 valence electrons. The predicted molar refractivity (Wildman–Crippen MR) is 85.3 cm³/mol. The van der Waals surface area contributed by atoms with Crippen molar-refractivity contribution in [2.24, 2.45) is 23.7 Å². The number of methoxy groups -OCH3 is 1. The Bertz CT molecular complexity index is 753. The second-order valence-electron chi connectivity index (χ2n) is 8.15. The first-order chi connectivity index (χ1) is 12.4. The molecule has 1 spiro atoms. The van der Waals surface area contributed by atoms with Gasteiger partial charge in [-0.15, -0.1) is 0 Å². The third-order valence-corrected chi connectivity index (χ3v) is 7.32. The number of phosphoric acid groups is 1. The van der Waals surface area contributed by atoms with Crippen molar-refractivity contribution < 1.29 is 92.5 Å². The summed E-state index contributed by atoms with van der Waals surface area (Å²) >= 11 is 0. The average molecular weight is 426 g/mol. The van der Waals surface area contributed by atoms with Gasteiger partial charge < -0.3 is 23.6 Å². The Morgan fingerprint density at radius 2 is 1.64 bits per heavy atom. The Kier molecular flexibility index (Phi) is 6.94. The molecule has 1 atom stereocenters. The normalized spacial score (nSPS) is 40.4. The first-order valence-electron chi connectivity index (χ1n) is 9.10. The third-order valence-electron chi connectivity index (χ3n) is 6.88. The van der Waals surface area contributed by atoms with Crippen LogP contribution in [0.3, 0.4) is 0 Å². The summed E-state index contributed by atoms with van der Waals surface area (Å²) in [6.45, 7) is 0. The van der Waals surface area contributed by atoms with E-state index in [1.165, 1.54) is 18.6 Å². The fraction of sp³-hybridized carbons (Fsp3) is 0.667. The molecule has 4 bridgehead atoms. The quantitative estimate of drug-likeness (QED) is 0.274. The summed E-state index contributed by atoms with van der Waals surface area (Å²) in [7, 11) is -3.56. The van der Waals surface area contributed by atoms with Crippen molar-refractivity contribution in [2.45, 2.75) is 43.5 Å². The summed E-state index contributed by atoms with van der Waals surface area (Å²) in [6, 6.07) is 6.36. The maximum atomic E-state index is 11.0. The maximum absolute atomic E-state index is 11.0. The molecule has 5 aliphatic rings. The van der Waals surface area contributed by atoms with E-state index in [0.29, 0.717) is 17.4 Å². The third kappa shape index (κ3) is 3.44. The number of phosphoric ester groups is 1. The average Bonchev–Trinajstić information content (AvgIpc) is 2.53. The van der Waals surface area contributed by atoms with E-state index >= 15 is 0 Å². The van der Waals surface area contributed by atoms with Crippen molar-refractivity contribution in [2.75, 3.05) is 7.11 Å². The van der Waals surface area contributed by atoms with Crippen LogP contribution in [0.15, 0.2) is 24.3 Å². The van der Waals surface area contributed by atoms with Crippen LogP contribution in [0.1, 0.15) is 37.7 Å². The van der Waals surface area contributed by atoms with Gasteiger partial charge in [0.15, 0.2) is 5.60 Å². The Labute approximate surface area is 208 Å². The minimum absolute atomic E-state index is 0. The number of rotatable bonds is 4. The summed E-state index contributed by atoms with van der Waals surface area (Å²) in [5, 5.41) is 0. The van der Waals surface area contributed by atoms with Gasteiger partial charge in [-0.05, 0) is 67.9 Å². The van der Waals surface area contributed by atoms with Gasteiger partial charge in [-0.3, -0.25) is 0 Å². The van der Waals surface area contributed by atoms with E-state index < -0.39 is 19.2 Å². The van der Waals surface area contributed by atoms with E-state index in [2.05, 4.69) is 4.52 Å². The molecule has 0 amide bonds. The fourth-order valence-electron chi connectivity index (χ4n) is 6.24. The van der Waals surface area contributed by atoms with Gasteiger partial charge in [0.25, 0.3) is 5.79 Å². The zero-order valence-corrected chi connectivity index (χ0v) is 21.4. The van der Waals surface area contributed by atoms with Crippen molar-refractivity contribution >= 4 is 7.82 Å². The number of hydrogen-bond acceptors (Lipinski definition) is 7. The largest absolute Gasteiger partial charge is 1.00 e. The van der Waals surface area contributed by atoms with Gasteiger partial charge in [0, 0.05) is 12.7 Å². The molecule has 10 heteroatoms. The Balaban J connectivity index is 0.00000112. The molecular formula is C18H21Na2O7P. The second-order valence-corrected chi connectivity index (χ2v) is 9.23. The van der Waals surface area contributed by atoms with E-state index in [4.69, 9.17) is 14.5 Å². The van der Waals surface area contributed by atoms with Gasteiger partial charge >= 0.3 is 59.1 Å². The van der Waals surface area contributed by atoms with Gasteiger partial charge in [-0.1, -0.05) is 12.1 Å². The molecular weight excluding hydrogens is 405 g/mol. The summed E-state index contributed by atoms with van der Waals surface area (Å²) in [5.41, 5.74) is 0.0524. The summed E-state index contributed by atoms with van der Waals surface area (Å²) in [6.07, 6.45) is 5.74. The molecule has 1 unspecified atom stereocenters. The molecule has 28 heavy (non-hydrogen) atoms. The van der Waals surface area contributed by atoms with Crippen molar-refractivity contribution in [3.8, 4) is 5.75 Å². The van der Waals surface area contributed by atoms with Crippen molar-refractivity contribution in [1.29, 1.82) is 0 Å². The monoisotopic (exact) mass is 426 g/mol. The molecule has 5 fully saturated rings. The van der Waals surface area contributed by atoms with E-state index in [1.807, 2.05) is 0 Å². The molecule has 1 heterocycles. The van der Waals surface area contributed by atoms with Crippen molar-refractivity contribution in [3.63, 3.8) is 0 Å². The van der Waals surface area contributed by atoms with Crippen LogP contribution < -0.4 is 73.4 Å². The number of hydrogen-bond donors (Lipinski definition) is 0. The van der Waals surface area contributed by atoms with Crippen LogP contribution in [-0.4, -0.2) is 12.7 Å². The van der Waals surface area contributed by atoms with Gasteiger partial charge in [0.2, 0.25) is 0 Å². The number of ether oxygens (including phenoxy) is 1. The van der Waals surface area contributed by atoms with E-state index in [-0.39, 0.29) is 64.9 Å². The smallest absolute Gasteiger partial charge is 0.780 e. The molecule has 0 N–H and O–H groups in total. The molecule has 1 aromatic rings. The minimum Gasteiger partial charge on any atom is -0.780 e. The Morgan fingerprint density at radius 1 is 1.04 bits per heavy atom. The van der Waals surface area contributed by atoms with Crippen LogP contribution >= 0.6 is 7.82 Å². The zero-order valence-electron chi connectivity index (χ0n) is 16.5. The van der Waals surface area contributed by atoms with Crippen LogP contribution in [-0.2, 0) is 24.9 Å². The van der Waals surface area contributed by atoms with Crippen LogP contribution in [0.25, 0.3) is 0 Å². The molecule has 1 saturated heterocycles. The second kappa shape index (κ2) is 8.19. The Morgan fingerprint density at radius 3 is 2.11 bits per heavy atom. The minimum atomic E-state index is -5.13. The standard InChI is InChI=1S/C18H23O7P.2Na/c1-22-18(13-3-2-4-16(10-13)23-26(19,20)21)17(24-25-18)14-6-11-5-12(8-14)9-15(17)7-11;;/h2-4,10-12,14-15H,5-9H2,1H3,(H2,19,20,21);;/q;2*+1/p-2. The summed E-state index contributed by atoms with van der Waals surface area (Å²) < 4.78 is 21.4. The van der Waals surface area contributed by atoms with Gasteiger partial charge in [-0.2, -0.15) is 4.89 Å². The number of benzene rings is 1. The van der Waals surface area contributed by atoms with E-state index in [1.54, 1.807) is 19.2 Å². The zero-order chi connectivity index (χ0) is 18.2. The fourth-order valence-corrected chi connectivity index (χ4v) is 6.62. The van der Waals surface area contributed by atoms with Gasteiger partial charge in [-0.25, -0.2) is 4.89 Å². The molecule has 7 nitrogen and oxygen atoms in total. The summed E-state index contributed by atoms with van der Waals surface area (Å²) in [5.74, 6) is 1.06. The molecule has 4 saturated carbocycles. The SMILES string of the molecule is COC1(c2cccc(OP(=O)([O-])[O-])c2)OOC12C1CC3CC(C1)CC2C3.[Na+].[Na+]. The van der Waals surface area contributed by atoms with Crippen LogP contribution in [0, 0.1) is 23.7 Å². The van der Waals surface area contributed by atoms with Crippen LogP contribution in [0.2, 0.25) is 0 Å². The van der Waals surface area contributed by atoms with Crippen molar-refractivity contribution in [3.05, 3.63) is 29.8 Å². The van der Waals surface area contributed by atoms with Crippen molar-refractivity contribution in [1.82, 2.24) is 0 Å². The van der Waals surface area contributed by atoms with Crippen LogP contribution in [0.4, 0.5) is 0 Å². The first-order valence-corrected chi connectivity index (χ1v) is 10.6. The maximum Gasteiger partial charge on any atom is 1.00 e. The van der Waals surface area contributed by atoms with E-state index in [9.17, 15) is 14.4 Å². The van der Waals surface area contributed by atoms with E-state index in [0.717, 1.165) is 37.5 Å². The Hall–Kier alpha value is 1.05. The molecule has 0 aromatic heterocycles. The predicted octanol–water partition coefficient (Wildman–Crippen LogP) is -4.14. The topological polar surface area (TPSA) is 100 Å². The van der Waals surface area contributed by atoms with Crippen LogP contribution in [0.5, 0.6) is 5.75 Å². The van der Waals surface area contributed by atoms with Gasteiger partial charge in [0.05, 0.1) is 0 Å². The molecule has 4 aliphatic carbocycles. The molecule has 1 aliphatic heterocycles. The molecule has 6 rings (SSSR count). The van der Waals surface area contributed by atoms with Gasteiger partial charge in [0.1, 0.15) is 13.6 Å². The summed E-state index contributed by atoms with van der Waals surface area (Å²) in [4.78, 5) is 33.4. The molecule has 1 aromatic carbocycles. The molecule has 0 radical (unpaired) electrons. The first kappa shape index (κ1) is 23.7.